The number of carbonyl (C=O) groups is 3. The first-order valence-electron chi connectivity index (χ1n) is 11.8. The van der Waals surface area contributed by atoms with Crippen LogP contribution in [0.1, 0.15) is 72.9 Å². The summed E-state index contributed by atoms with van der Waals surface area (Å²) >= 11 is 0. The van der Waals surface area contributed by atoms with E-state index in [1.165, 1.54) is 37.7 Å². The van der Waals surface area contributed by atoms with Crippen LogP contribution in [-0.4, -0.2) is 41.8 Å². The molecule has 33 heavy (non-hydrogen) atoms. The van der Waals surface area contributed by atoms with Gasteiger partial charge in [0.1, 0.15) is 11.3 Å². The van der Waals surface area contributed by atoms with Crippen LogP contribution in [0.4, 0.5) is 4.79 Å². The van der Waals surface area contributed by atoms with E-state index in [0.717, 1.165) is 16.2 Å². The molecule has 1 atom stereocenters. The zero-order valence-electron chi connectivity index (χ0n) is 19.4. The fourth-order valence-electron chi connectivity index (χ4n) is 4.86. The van der Waals surface area contributed by atoms with Gasteiger partial charge >= 0.3 is 6.03 Å². The molecule has 2 aliphatic rings. The molecule has 6 heteroatoms. The molecule has 1 unspecified atom stereocenters. The summed E-state index contributed by atoms with van der Waals surface area (Å²) in [6.45, 7) is 1.48. The molecule has 1 heterocycles. The maximum Gasteiger partial charge on any atom is 0.325 e. The quantitative estimate of drug-likeness (QED) is 0.462. The van der Waals surface area contributed by atoms with Crippen molar-refractivity contribution < 1.29 is 19.1 Å². The van der Waals surface area contributed by atoms with E-state index < -0.39 is 11.6 Å². The zero-order chi connectivity index (χ0) is 23.4. The number of hydrogen-bond acceptors (Lipinski definition) is 4. The summed E-state index contributed by atoms with van der Waals surface area (Å²) in [4.78, 5) is 39.5. The molecular formula is C27H32N2O4. The largest absolute Gasteiger partial charge is 0.497 e. The molecule has 6 nitrogen and oxygen atoms in total. The maximum atomic E-state index is 13.1. The van der Waals surface area contributed by atoms with Crippen molar-refractivity contribution in [3.63, 3.8) is 0 Å². The highest BCUT2D eigenvalue weighted by molar-refractivity contribution is 6.11. The van der Waals surface area contributed by atoms with Crippen molar-refractivity contribution in [3.05, 3.63) is 65.2 Å². The lowest BCUT2D eigenvalue weighted by Gasteiger charge is -2.22. The van der Waals surface area contributed by atoms with E-state index in [1.54, 1.807) is 14.0 Å². The molecule has 0 bridgehead atoms. The Hall–Kier alpha value is -3.15. The van der Waals surface area contributed by atoms with E-state index >= 15 is 0 Å². The molecule has 1 saturated heterocycles. The topological polar surface area (TPSA) is 75.7 Å². The molecule has 0 spiro atoms. The standard InChI is InChI=1S/C27H32N2O4/c1-27(17-16-19-8-14-23(33-2)15-9-19)25(31)29(26(32)28-27)18-24(30)22-12-10-21(11-13-22)20-6-4-3-5-7-20/h8-15,20H,3-7,16-18H2,1-2H3,(H,28,32). The number of carbonyl (C=O) groups excluding carboxylic acids is 3. The number of nitrogens with one attached hydrogen (secondary N) is 1. The fraction of sp³-hybridized carbons (Fsp3) is 0.444. The molecule has 0 radical (unpaired) electrons. The van der Waals surface area contributed by atoms with Gasteiger partial charge in [-0.2, -0.15) is 0 Å². The Morgan fingerprint density at radius 2 is 1.70 bits per heavy atom. The Labute approximate surface area is 195 Å². The molecule has 1 saturated carbocycles. The van der Waals surface area contributed by atoms with E-state index in [1.807, 2.05) is 48.5 Å². The smallest absolute Gasteiger partial charge is 0.325 e. The normalized spacial score (nSPS) is 21.2. The van der Waals surface area contributed by atoms with Crippen LogP contribution < -0.4 is 10.1 Å². The number of urea groups is 1. The van der Waals surface area contributed by atoms with Gasteiger partial charge in [0, 0.05) is 5.56 Å². The monoisotopic (exact) mass is 448 g/mol. The highest BCUT2D eigenvalue weighted by Gasteiger charge is 2.47. The third kappa shape index (κ3) is 5.10. The highest BCUT2D eigenvalue weighted by atomic mass is 16.5. The number of nitrogens with zero attached hydrogens (tertiary/aromatic N) is 1. The van der Waals surface area contributed by atoms with Gasteiger partial charge in [-0.1, -0.05) is 55.7 Å². The van der Waals surface area contributed by atoms with Crippen molar-refractivity contribution in [2.24, 2.45) is 0 Å². The van der Waals surface area contributed by atoms with Gasteiger partial charge in [-0.3, -0.25) is 14.5 Å². The molecule has 2 fully saturated rings. The number of rotatable bonds is 8. The molecular weight excluding hydrogens is 416 g/mol. The average Bonchev–Trinajstić information content (AvgIpc) is 3.07. The maximum absolute atomic E-state index is 13.1. The van der Waals surface area contributed by atoms with Crippen molar-refractivity contribution in [1.82, 2.24) is 10.2 Å². The molecule has 1 aliphatic carbocycles. The third-order valence-corrected chi connectivity index (χ3v) is 7.03. The van der Waals surface area contributed by atoms with Crippen molar-refractivity contribution in [3.8, 4) is 5.75 Å². The van der Waals surface area contributed by atoms with E-state index in [4.69, 9.17) is 4.74 Å². The number of ketones is 1. The summed E-state index contributed by atoms with van der Waals surface area (Å²) in [5, 5.41) is 2.79. The van der Waals surface area contributed by atoms with Gasteiger partial charge in [-0.25, -0.2) is 4.79 Å². The van der Waals surface area contributed by atoms with Crippen molar-refractivity contribution in [2.75, 3.05) is 13.7 Å². The summed E-state index contributed by atoms with van der Waals surface area (Å²) in [6, 6.07) is 14.8. The summed E-state index contributed by atoms with van der Waals surface area (Å²) in [5.41, 5.74) is 1.82. The van der Waals surface area contributed by atoms with Crippen LogP contribution in [0.3, 0.4) is 0 Å². The number of hydrogen-bond donors (Lipinski definition) is 1. The lowest BCUT2D eigenvalue weighted by Crippen LogP contribution is -2.44. The van der Waals surface area contributed by atoms with Crippen LogP contribution in [0.2, 0.25) is 0 Å². The second-order valence-corrected chi connectivity index (χ2v) is 9.38. The van der Waals surface area contributed by atoms with Gasteiger partial charge in [-0.05, 0) is 61.8 Å². The van der Waals surface area contributed by atoms with Crippen molar-refractivity contribution in [2.45, 2.75) is 63.3 Å². The average molecular weight is 449 g/mol. The van der Waals surface area contributed by atoms with E-state index in [2.05, 4.69) is 5.32 Å². The number of imide groups is 1. The Morgan fingerprint density at radius 3 is 2.33 bits per heavy atom. The molecule has 4 rings (SSSR count). The van der Waals surface area contributed by atoms with Gasteiger partial charge in [0.25, 0.3) is 5.91 Å². The summed E-state index contributed by atoms with van der Waals surface area (Å²) in [7, 11) is 1.61. The zero-order valence-corrected chi connectivity index (χ0v) is 19.4. The highest BCUT2D eigenvalue weighted by Crippen LogP contribution is 2.32. The Bertz CT molecular complexity index is 1010. The first-order valence-corrected chi connectivity index (χ1v) is 11.8. The molecule has 2 aromatic carbocycles. The van der Waals surface area contributed by atoms with Crippen LogP contribution in [0, 0.1) is 0 Å². The van der Waals surface area contributed by atoms with Crippen LogP contribution >= 0.6 is 0 Å². The SMILES string of the molecule is COc1ccc(CCC2(C)NC(=O)N(CC(=O)c3ccc(C4CCCCC4)cc3)C2=O)cc1. The second-order valence-electron chi connectivity index (χ2n) is 9.38. The van der Waals surface area contributed by atoms with E-state index in [-0.39, 0.29) is 18.2 Å². The van der Waals surface area contributed by atoms with Crippen LogP contribution in [-0.2, 0) is 11.2 Å². The molecule has 174 valence electrons. The lowest BCUT2D eigenvalue weighted by atomic mass is 9.84. The number of ether oxygens (including phenoxy) is 1. The van der Waals surface area contributed by atoms with Gasteiger partial charge in [-0.15, -0.1) is 0 Å². The molecule has 2 aromatic rings. The van der Waals surface area contributed by atoms with Gasteiger partial charge in [0.15, 0.2) is 5.78 Å². The number of aryl methyl sites for hydroxylation is 1. The second kappa shape index (κ2) is 9.77. The van der Waals surface area contributed by atoms with Crippen LogP contribution in [0.25, 0.3) is 0 Å². The minimum atomic E-state index is -1.03. The summed E-state index contributed by atoms with van der Waals surface area (Å²) in [5.74, 6) is 0.758. The van der Waals surface area contributed by atoms with E-state index in [0.29, 0.717) is 24.3 Å². The third-order valence-electron chi connectivity index (χ3n) is 7.03. The van der Waals surface area contributed by atoms with Gasteiger partial charge in [0.05, 0.1) is 13.7 Å². The van der Waals surface area contributed by atoms with Gasteiger partial charge in [0.2, 0.25) is 0 Å². The first-order chi connectivity index (χ1) is 15.9. The van der Waals surface area contributed by atoms with Crippen molar-refractivity contribution in [1.29, 1.82) is 0 Å². The van der Waals surface area contributed by atoms with Crippen LogP contribution in [0.5, 0.6) is 5.75 Å². The Balaban J connectivity index is 1.37. The van der Waals surface area contributed by atoms with Crippen molar-refractivity contribution >= 4 is 17.7 Å². The van der Waals surface area contributed by atoms with E-state index in [9.17, 15) is 14.4 Å². The summed E-state index contributed by atoms with van der Waals surface area (Å²) in [6.07, 6.45) is 7.29. The minimum Gasteiger partial charge on any atom is -0.497 e. The predicted molar refractivity (Wildman–Crippen MR) is 127 cm³/mol. The molecule has 0 aromatic heterocycles. The minimum absolute atomic E-state index is 0.229. The number of methoxy groups -OCH3 is 1. The predicted octanol–water partition coefficient (Wildman–Crippen LogP) is 4.87. The molecule has 3 amide bonds. The van der Waals surface area contributed by atoms with Crippen LogP contribution in [0.15, 0.2) is 48.5 Å². The number of benzene rings is 2. The Morgan fingerprint density at radius 1 is 1.03 bits per heavy atom. The first kappa shape index (κ1) is 23.0. The fourth-order valence-corrected chi connectivity index (χ4v) is 4.86. The Kier molecular flexibility index (Phi) is 6.82. The number of Topliss-reactive ketones (excluding diaryl/α,β-unsaturated/α-hetero) is 1. The summed E-state index contributed by atoms with van der Waals surface area (Å²) < 4.78 is 5.17. The molecule has 1 N–H and O–H groups in total. The van der Waals surface area contributed by atoms with Gasteiger partial charge < -0.3 is 10.1 Å². The lowest BCUT2D eigenvalue weighted by molar-refractivity contribution is -0.130. The number of amides is 3. The molecule has 1 aliphatic heterocycles.